The van der Waals surface area contributed by atoms with Gasteiger partial charge in [0.05, 0.1) is 33.7 Å². The van der Waals surface area contributed by atoms with Gasteiger partial charge in [-0.2, -0.15) is 0 Å². The van der Waals surface area contributed by atoms with Gasteiger partial charge in [0.15, 0.2) is 14.1 Å². The van der Waals surface area contributed by atoms with Crippen molar-refractivity contribution in [2.24, 2.45) is 0 Å². The average Bonchev–Trinajstić information content (AvgIpc) is 2.69. The van der Waals surface area contributed by atoms with E-state index in [1.54, 1.807) is 21.3 Å². The van der Waals surface area contributed by atoms with Crippen LogP contribution >= 0.6 is 0 Å². The number of methoxy groups -OCH3 is 3. The molecular formula is C26H43LiO5Si2. The molecule has 2 rings (SSSR count). The van der Waals surface area contributed by atoms with Gasteiger partial charge in [-0.25, -0.2) is 0 Å². The maximum atomic E-state index is 6.89. The fourth-order valence-electron chi connectivity index (χ4n) is 2.99. The Balaban J connectivity index is 0.00000578. The summed E-state index contributed by atoms with van der Waals surface area (Å²) in [5, 5.41) is 1.92. The molecule has 0 amide bonds. The quantitative estimate of drug-likeness (QED) is 0.394. The molecule has 5 nitrogen and oxygen atoms in total. The van der Waals surface area contributed by atoms with Crippen molar-refractivity contribution in [3.05, 3.63) is 23.8 Å². The van der Waals surface area contributed by atoms with Gasteiger partial charge >= 0.3 is 18.9 Å². The first kappa shape index (κ1) is 30.9. The van der Waals surface area contributed by atoms with Gasteiger partial charge in [0.1, 0.15) is 0 Å². The van der Waals surface area contributed by atoms with Crippen LogP contribution in [0.1, 0.15) is 47.1 Å². The van der Waals surface area contributed by atoms with E-state index in [2.05, 4.69) is 79.9 Å². The zero-order valence-corrected chi connectivity index (χ0v) is 25.9. The number of hydrogen-bond acceptors (Lipinski definition) is 5. The zero-order chi connectivity index (χ0) is 25.4. The van der Waals surface area contributed by atoms with Crippen molar-refractivity contribution in [2.45, 2.75) is 84.4 Å². The zero-order valence-electron chi connectivity index (χ0n) is 23.9. The average molecular weight is 499 g/mol. The van der Waals surface area contributed by atoms with Crippen LogP contribution < -0.4 is 37.5 Å². The van der Waals surface area contributed by atoms with Crippen LogP contribution in [0.4, 0.5) is 0 Å². The minimum Gasteiger partial charge on any atom is -0.549 e. The Labute approximate surface area is 221 Å². The van der Waals surface area contributed by atoms with Crippen LogP contribution in [0.15, 0.2) is 12.1 Å². The molecule has 0 radical (unpaired) electrons. The molecule has 0 atom stereocenters. The van der Waals surface area contributed by atoms with Gasteiger partial charge in [-0.05, 0) is 41.7 Å². The summed E-state index contributed by atoms with van der Waals surface area (Å²) in [6.45, 7) is 22.8. The molecular weight excluding hydrogens is 455 g/mol. The van der Waals surface area contributed by atoms with E-state index in [1.165, 1.54) is 0 Å². The van der Waals surface area contributed by atoms with Gasteiger partial charge in [0, 0.05) is 17.1 Å². The van der Waals surface area contributed by atoms with E-state index in [9.17, 15) is 0 Å². The Kier molecular flexibility index (Phi) is 9.89. The molecule has 186 valence electrons. The van der Waals surface area contributed by atoms with Crippen molar-refractivity contribution in [3.63, 3.8) is 0 Å². The summed E-state index contributed by atoms with van der Waals surface area (Å²) in [6.07, 6.45) is 0. The van der Waals surface area contributed by atoms with E-state index in [4.69, 9.17) is 23.1 Å². The summed E-state index contributed by atoms with van der Waals surface area (Å²) in [5.74, 6) is 2.58. The Morgan fingerprint density at radius 2 is 1.32 bits per heavy atom. The van der Waals surface area contributed by atoms with E-state index < -0.39 is 16.6 Å². The van der Waals surface area contributed by atoms with E-state index in [1.807, 2.05) is 6.07 Å². The molecule has 0 N–H and O–H groups in total. The Hall–Kier alpha value is -1.11. The van der Waals surface area contributed by atoms with E-state index >= 15 is 0 Å². The number of ether oxygens (including phenoxy) is 3. The third-order valence-electron chi connectivity index (χ3n) is 7.28. The van der Waals surface area contributed by atoms with E-state index in [0.717, 1.165) is 16.3 Å². The second kappa shape index (κ2) is 10.9. The molecule has 2 aromatic carbocycles. The third kappa shape index (κ3) is 6.36. The first-order chi connectivity index (χ1) is 15.0. The summed E-state index contributed by atoms with van der Waals surface area (Å²) in [7, 11) is 0.807. The monoisotopic (exact) mass is 498 g/mol. The van der Waals surface area contributed by atoms with Crippen LogP contribution in [-0.4, -0.2) is 38.0 Å². The number of rotatable bonds is 8. The Morgan fingerprint density at radius 1 is 0.765 bits per heavy atom. The van der Waals surface area contributed by atoms with Crippen molar-refractivity contribution in [1.82, 2.24) is 0 Å². The number of hydrogen-bond donors (Lipinski definition) is 0. The molecule has 2 aromatic rings. The number of fused-ring (bicyclic) bond motifs is 1. The van der Waals surface area contributed by atoms with Crippen LogP contribution in [0.25, 0.3) is 10.8 Å². The van der Waals surface area contributed by atoms with Gasteiger partial charge in [-0.15, -0.1) is 11.5 Å². The van der Waals surface area contributed by atoms with Crippen molar-refractivity contribution in [2.75, 3.05) is 21.3 Å². The summed E-state index contributed by atoms with van der Waals surface area (Å²) in [6, 6.07) is 7.27. The molecule has 0 heterocycles. The van der Waals surface area contributed by atoms with Crippen molar-refractivity contribution >= 4 is 27.4 Å². The molecule has 0 saturated carbocycles. The molecule has 0 spiro atoms. The normalized spacial score (nSPS) is 12.9. The van der Waals surface area contributed by atoms with Crippen molar-refractivity contribution < 1.29 is 41.9 Å². The molecule has 0 unspecified atom stereocenters. The van der Waals surface area contributed by atoms with Crippen LogP contribution in [0.3, 0.4) is 0 Å². The first-order valence-corrected chi connectivity index (χ1v) is 17.3. The van der Waals surface area contributed by atoms with Crippen molar-refractivity contribution in [3.8, 4) is 23.0 Å². The predicted molar refractivity (Wildman–Crippen MR) is 142 cm³/mol. The summed E-state index contributed by atoms with van der Waals surface area (Å²) in [4.78, 5) is 0. The van der Waals surface area contributed by atoms with E-state index in [-0.39, 0.29) is 28.9 Å². The van der Waals surface area contributed by atoms with Gasteiger partial charge < -0.3 is 23.1 Å². The second-order valence-electron chi connectivity index (χ2n) is 11.6. The summed E-state index contributed by atoms with van der Waals surface area (Å²) >= 11 is 0. The van der Waals surface area contributed by atoms with Gasteiger partial charge in [0.25, 0.3) is 0 Å². The Morgan fingerprint density at radius 3 is 1.76 bits per heavy atom. The maximum Gasteiger partial charge on any atom is 1.00 e. The number of benzene rings is 2. The van der Waals surface area contributed by atoms with E-state index in [0.29, 0.717) is 29.6 Å². The van der Waals surface area contributed by atoms with Crippen LogP contribution in [0.5, 0.6) is 23.0 Å². The first-order valence-electron chi connectivity index (χ1n) is 11.5. The third-order valence-corrected chi connectivity index (χ3v) is 16.1. The fourth-order valence-corrected chi connectivity index (χ4v) is 4.95. The van der Waals surface area contributed by atoms with Gasteiger partial charge in [-0.3, -0.25) is 0 Å². The predicted octanol–water partition coefficient (Wildman–Crippen LogP) is 4.58. The second-order valence-corrected chi connectivity index (χ2v) is 21.2. The minimum absolute atomic E-state index is 0. The molecule has 0 saturated heterocycles. The SMILES string of the molecule is COc1[c-]c(OC)c2c(O[Si](C)(C)C(C)(C)C)c(OC)c(CO[Si](C)(C)C(C)(C)C)cc2c1.[Li+]. The standard InChI is InChI=1S/C26H43O5Si2.Li/c1-25(2,3)32(10,11)30-17-19-14-18-15-20(27-7)16-21(28-8)22(18)24(23(19)29-9)31-33(12,13)26(4,5)6;/h14-15H,17H2,1-13H3;/q-1;+1. The maximum absolute atomic E-state index is 6.89. The molecule has 0 aromatic heterocycles. The molecule has 0 aliphatic rings. The van der Waals surface area contributed by atoms with Crippen LogP contribution in [-0.2, 0) is 11.0 Å². The van der Waals surface area contributed by atoms with Gasteiger partial charge in [-0.1, -0.05) is 53.7 Å². The summed E-state index contributed by atoms with van der Waals surface area (Å²) < 4.78 is 30.7. The van der Waals surface area contributed by atoms with Crippen LogP contribution in [0.2, 0.25) is 36.3 Å². The molecule has 34 heavy (non-hydrogen) atoms. The molecule has 0 bridgehead atoms. The van der Waals surface area contributed by atoms with Crippen molar-refractivity contribution in [1.29, 1.82) is 0 Å². The Bertz CT molecular complexity index is 992. The topological polar surface area (TPSA) is 46.2 Å². The largest absolute Gasteiger partial charge is 1.00 e. The fraction of sp³-hybridized carbons (Fsp3) is 0.615. The van der Waals surface area contributed by atoms with Gasteiger partial charge in [0.2, 0.25) is 8.32 Å². The minimum atomic E-state index is -2.19. The smallest absolute Gasteiger partial charge is 0.549 e. The summed E-state index contributed by atoms with van der Waals surface area (Å²) in [5.41, 5.74) is 0.957. The molecule has 0 fully saturated rings. The molecule has 8 heteroatoms. The molecule has 0 aliphatic carbocycles. The molecule has 0 aliphatic heterocycles. The van der Waals surface area contributed by atoms with Crippen LogP contribution in [0, 0.1) is 6.07 Å².